The summed E-state index contributed by atoms with van der Waals surface area (Å²) in [6.07, 6.45) is 0.938. The maximum Gasteiger partial charge on any atom is 0.281 e. The molecule has 1 amide bonds. The summed E-state index contributed by atoms with van der Waals surface area (Å²) in [6, 6.07) is 14.8. The number of sulfonamides is 1. The van der Waals surface area contributed by atoms with Crippen molar-refractivity contribution in [3.63, 3.8) is 0 Å². The molecule has 1 aliphatic heterocycles. The molecular weight excluding hydrogens is 492 g/mol. The molecule has 37 heavy (non-hydrogen) atoms. The number of pyridine rings is 2. The van der Waals surface area contributed by atoms with Crippen LogP contribution in [0.2, 0.25) is 0 Å². The Balaban J connectivity index is 1.56. The molecule has 1 atom stereocenters. The molecule has 1 N–H and O–H groups in total. The number of aromatic nitrogens is 2. The van der Waals surface area contributed by atoms with Crippen LogP contribution in [-0.2, 0) is 21.4 Å². The van der Waals surface area contributed by atoms with Crippen molar-refractivity contribution in [2.24, 2.45) is 5.92 Å². The molecule has 1 aromatic carbocycles. The molecule has 0 bridgehead atoms. The Bertz CT molecular complexity index is 1390. The summed E-state index contributed by atoms with van der Waals surface area (Å²) in [5.74, 6) is 0.702. The first-order valence-electron chi connectivity index (χ1n) is 12.0. The number of aryl methyl sites for hydroxylation is 1. The number of hydrogen-bond acceptors (Lipinski definition) is 8. The van der Waals surface area contributed by atoms with Crippen LogP contribution in [0.5, 0.6) is 11.6 Å². The van der Waals surface area contributed by atoms with Crippen LogP contribution in [0.4, 0.5) is 5.82 Å². The summed E-state index contributed by atoms with van der Waals surface area (Å²) >= 11 is 0. The van der Waals surface area contributed by atoms with Crippen molar-refractivity contribution in [2.45, 2.75) is 51.3 Å². The third kappa shape index (κ3) is 6.08. The summed E-state index contributed by atoms with van der Waals surface area (Å²) in [5.41, 5.74) is 1.69. The number of benzene rings is 1. The Labute approximate surface area is 217 Å². The summed E-state index contributed by atoms with van der Waals surface area (Å²) in [5, 5.41) is -0.328. The van der Waals surface area contributed by atoms with Gasteiger partial charge in [-0.1, -0.05) is 25.1 Å². The van der Waals surface area contributed by atoms with Crippen LogP contribution < -0.4 is 14.4 Å². The summed E-state index contributed by atoms with van der Waals surface area (Å²) in [4.78, 5) is 24.1. The van der Waals surface area contributed by atoms with E-state index in [1.54, 1.807) is 37.4 Å². The van der Waals surface area contributed by atoms with E-state index in [4.69, 9.17) is 9.47 Å². The van der Waals surface area contributed by atoms with E-state index in [9.17, 15) is 13.2 Å². The number of carbonyl (C=O) groups is 1. The van der Waals surface area contributed by atoms with Crippen LogP contribution in [0.15, 0.2) is 59.6 Å². The highest BCUT2D eigenvalue weighted by Crippen LogP contribution is 2.37. The van der Waals surface area contributed by atoms with Gasteiger partial charge in [0.1, 0.15) is 11.6 Å². The molecule has 1 unspecified atom stereocenters. The highest BCUT2D eigenvalue weighted by Gasteiger charge is 2.39. The van der Waals surface area contributed by atoms with Crippen molar-refractivity contribution in [2.75, 3.05) is 18.6 Å². The number of nitrogens with zero attached hydrogens (tertiary/aromatic N) is 3. The van der Waals surface area contributed by atoms with Crippen LogP contribution in [0.3, 0.4) is 0 Å². The van der Waals surface area contributed by atoms with Crippen LogP contribution in [-0.4, -0.2) is 43.5 Å². The fourth-order valence-electron chi connectivity index (χ4n) is 4.66. The van der Waals surface area contributed by atoms with Gasteiger partial charge in [-0.2, -0.15) is 13.4 Å². The molecule has 1 aliphatic rings. The van der Waals surface area contributed by atoms with Crippen LogP contribution in [0, 0.1) is 12.8 Å². The molecule has 3 heterocycles. The molecule has 4 rings (SSSR count). The molecular formula is C27H32N4O5S. The lowest BCUT2D eigenvalue weighted by Gasteiger charge is -2.33. The molecule has 0 radical (unpaired) electrons. The van der Waals surface area contributed by atoms with Gasteiger partial charge in [0, 0.05) is 31.0 Å². The van der Waals surface area contributed by atoms with Crippen LogP contribution in [0.1, 0.15) is 48.8 Å². The van der Waals surface area contributed by atoms with Gasteiger partial charge in [0.15, 0.2) is 5.03 Å². The molecule has 0 aliphatic carbocycles. The average molecular weight is 525 g/mol. The van der Waals surface area contributed by atoms with Gasteiger partial charge in [-0.3, -0.25) is 4.79 Å². The molecule has 0 saturated carbocycles. The lowest BCUT2D eigenvalue weighted by atomic mass is 9.97. The lowest BCUT2D eigenvalue weighted by Crippen LogP contribution is -2.41. The molecule has 3 aromatic rings. The second-order valence-electron chi connectivity index (χ2n) is 9.98. The van der Waals surface area contributed by atoms with E-state index in [1.807, 2.05) is 19.1 Å². The van der Waals surface area contributed by atoms with E-state index in [-0.39, 0.29) is 22.0 Å². The first-order valence-corrected chi connectivity index (χ1v) is 13.5. The quantitative estimate of drug-likeness (QED) is 0.460. The fraction of sp³-hybridized carbons (Fsp3) is 0.370. The molecule has 1 fully saturated rings. The van der Waals surface area contributed by atoms with E-state index in [2.05, 4.69) is 40.4 Å². The number of methoxy groups -OCH3 is 1. The molecule has 9 nitrogen and oxygen atoms in total. The number of anilines is 1. The Hall–Kier alpha value is -3.50. The standard InChI is InChI=1S/C27H32N4O5S/c1-18-15-27(3,4)31(16-18)25-22(14-9-19(2)28-25)26(32)30-37(33,34)24-8-6-7-23(29-24)36-21-12-10-20(11-13-21)17-35-5/h6-14,18H,15-17H2,1-5H3,(H,30,32). The van der Waals surface area contributed by atoms with Crippen LogP contribution in [0.25, 0.3) is 0 Å². The van der Waals surface area contributed by atoms with Gasteiger partial charge in [0.2, 0.25) is 5.88 Å². The number of rotatable bonds is 8. The van der Waals surface area contributed by atoms with Crippen molar-refractivity contribution in [1.82, 2.24) is 14.7 Å². The maximum atomic E-state index is 13.2. The van der Waals surface area contributed by atoms with E-state index in [1.165, 1.54) is 12.1 Å². The van der Waals surface area contributed by atoms with Gasteiger partial charge in [0.25, 0.3) is 15.9 Å². The minimum absolute atomic E-state index is 0.0836. The monoisotopic (exact) mass is 524 g/mol. The van der Waals surface area contributed by atoms with Gasteiger partial charge in [-0.15, -0.1) is 0 Å². The van der Waals surface area contributed by atoms with Gasteiger partial charge < -0.3 is 14.4 Å². The number of hydrogen-bond donors (Lipinski definition) is 1. The lowest BCUT2D eigenvalue weighted by molar-refractivity contribution is 0.0981. The van der Waals surface area contributed by atoms with Crippen molar-refractivity contribution in [1.29, 1.82) is 0 Å². The normalized spacial score (nSPS) is 17.0. The number of ether oxygens (including phenoxy) is 2. The number of carbonyl (C=O) groups excluding carboxylic acids is 1. The first-order chi connectivity index (χ1) is 17.5. The minimum Gasteiger partial charge on any atom is -0.439 e. The number of nitrogens with one attached hydrogen (secondary N) is 1. The Kier molecular flexibility index (Phi) is 7.52. The van der Waals surface area contributed by atoms with Crippen molar-refractivity contribution in [3.05, 3.63) is 71.4 Å². The Morgan fingerprint density at radius 1 is 1.11 bits per heavy atom. The zero-order valence-corrected chi connectivity index (χ0v) is 22.5. The molecule has 10 heteroatoms. The van der Waals surface area contributed by atoms with Gasteiger partial charge >= 0.3 is 0 Å². The minimum atomic E-state index is -4.28. The van der Waals surface area contributed by atoms with E-state index in [0.717, 1.165) is 24.2 Å². The Morgan fingerprint density at radius 2 is 1.84 bits per heavy atom. The first kappa shape index (κ1) is 26.6. The van der Waals surface area contributed by atoms with E-state index < -0.39 is 15.9 Å². The summed E-state index contributed by atoms with van der Waals surface area (Å²) in [6.45, 7) is 9.38. The number of amides is 1. The second-order valence-corrected chi connectivity index (χ2v) is 11.6. The van der Waals surface area contributed by atoms with Gasteiger partial charge in [0.05, 0.1) is 12.2 Å². The molecule has 0 spiro atoms. The van der Waals surface area contributed by atoms with E-state index in [0.29, 0.717) is 24.1 Å². The average Bonchev–Trinajstić information content (AvgIpc) is 3.12. The third-order valence-electron chi connectivity index (χ3n) is 6.24. The van der Waals surface area contributed by atoms with E-state index >= 15 is 0 Å². The molecule has 2 aromatic heterocycles. The smallest absolute Gasteiger partial charge is 0.281 e. The predicted octanol–water partition coefficient (Wildman–Crippen LogP) is 4.47. The zero-order valence-electron chi connectivity index (χ0n) is 21.7. The maximum absolute atomic E-state index is 13.2. The highest BCUT2D eigenvalue weighted by atomic mass is 32.2. The SMILES string of the molecule is COCc1ccc(Oc2cccc(S(=O)(=O)NC(=O)c3ccc(C)nc3N3CC(C)CC3(C)C)n2)cc1. The summed E-state index contributed by atoms with van der Waals surface area (Å²) < 4.78 is 39.2. The highest BCUT2D eigenvalue weighted by molar-refractivity contribution is 7.90. The van der Waals surface area contributed by atoms with Gasteiger partial charge in [-0.25, -0.2) is 9.71 Å². The fourth-order valence-corrected chi connectivity index (χ4v) is 5.58. The van der Waals surface area contributed by atoms with Crippen molar-refractivity contribution < 1.29 is 22.7 Å². The van der Waals surface area contributed by atoms with Crippen LogP contribution >= 0.6 is 0 Å². The molecule has 1 saturated heterocycles. The molecule has 196 valence electrons. The largest absolute Gasteiger partial charge is 0.439 e. The van der Waals surface area contributed by atoms with Crippen molar-refractivity contribution in [3.8, 4) is 11.6 Å². The third-order valence-corrected chi connectivity index (χ3v) is 7.48. The van der Waals surface area contributed by atoms with Gasteiger partial charge in [-0.05, 0) is 69.0 Å². The topological polar surface area (TPSA) is 111 Å². The predicted molar refractivity (Wildman–Crippen MR) is 140 cm³/mol. The Morgan fingerprint density at radius 3 is 2.49 bits per heavy atom. The second kappa shape index (κ2) is 10.5. The summed E-state index contributed by atoms with van der Waals surface area (Å²) in [7, 11) is -2.67. The van der Waals surface area contributed by atoms with Crippen molar-refractivity contribution >= 4 is 21.7 Å². The zero-order chi connectivity index (χ0) is 26.8.